The number of carbonyl (C=O) groups excluding carboxylic acids is 1. The molecule has 0 aliphatic carbocycles. The van der Waals surface area contributed by atoms with Crippen molar-refractivity contribution < 1.29 is 14.3 Å². The first-order valence-corrected chi connectivity index (χ1v) is 8.31. The number of aromatic amines is 1. The predicted octanol–water partition coefficient (Wildman–Crippen LogP) is 2.35. The van der Waals surface area contributed by atoms with Gasteiger partial charge in [0.15, 0.2) is 11.5 Å². The van der Waals surface area contributed by atoms with Crippen LogP contribution in [0.3, 0.4) is 0 Å². The second kappa shape index (κ2) is 6.37. The molecule has 4 rings (SSSR count). The molecule has 2 aliphatic rings. The van der Waals surface area contributed by atoms with Crippen molar-refractivity contribution in [2.45, 2.75) is 6.54 Å². The molecule has 0 unspecified atom stereocenters. The molecule has 1 amide bonds. The molecular formula is C17H18ClN3O3. The van der Waals surface area contributed by atoms with Gasteiger partial charge >= 0.3 is 0 Å². The van der Waals surface area contributed by atoms with E-state index >= 15 is 0 Å². The number of hydrogen-bond acceptors (Lipinski definition) is 4. The number of halogens is 1. The maximum Gasteiger partial charge on any atom is 0.270 e. The zero-order valence-electron chi connectivity index (χ0n) is 13.1. The molecule has 0 spiro atoms. The van der Waals surface area contributed by atoms with Gasteiger partial charge in [-0.2, -0.15) is 0 Å². The average molecular weight is 348 g/mol. The van der Waals surface area contributed by atoms with E-state index in [9.17, 15) is 4.79 Å². The molecule has 0 bridgehead atoms. The van der Waals surface area contributed by atoms with Gasteiger partial charge < -0.3 is 19.4 Å². The van der Waals surface area contributed by atoms with Crippen molar-refractivity contribution in [3.63, 3.8) is 0 Å². The fourth-order valence-corrected chi connectivity index (χ4v) is 3.23. The molecule has 0 radical (unpaired) electrons. The number of benzene rings is 1. The number of nitrogens with zero attached hydrogens (tertiary/aromatic N) is 2. The molecule has 1 saturated heterocycles. The number of aromatic nitrogens is 1. The number of piperazine rings is 1. The van der Waals surface area contributed by atoms with Crippen LogP contribution in [-0.4, -0.2) is 53.7 Å². The van der Waals surface area contributed by atoms with Gasteiger partial charge in [-0.3, -0.25) is 9.69 Å². The molecule has 7 heteroatoms. The van der Waals surface area contributed by atoms with Crippen molar-refractivity contribution in [3.8, 4) is 11.5 Å². The summed E-state index contributed by atoms with van der Waals surface area (Å²) in [5, 5.41) is 0.555. The molecule has 1 N–H and O–H groups in total. The van der Waals surface area contributed by atoms with Gasteiger partial charge in [-0.25, -0.2) is 0 Å². The van der Waals surface area contributed by atoms with Gasteiger partial charge in [0.2, 0.25) is 6.79 Å². The van der Waals surface area contributed by atoms with Crippen molar-refractivity contribution in [2.75, 3.05) is 33.0 Å². The highest BCUT2D eigenvalue weighted by atomic mass is 35.5. The van der Waals surface area contributed by atoms with E-state index in [0.29, 0.717) is 30.6 Å². The molecule has 0 atom stereocenters. The summed E-state index contributed by atoms with van der Waals surface area (Å²) < 4.78 is 10.8. The summed E-state index contributed by atoms with van der Waals surface area (Å²) in [4.78, 5) is 19.5. The van der Waals surface area contributed by atoms with Crippen LogP contribution in [0, 0.1) is 0 Å². The monoisotopic (exact) mass is 347 g/mol. The second-order valence-corrected chi connectivity index (χ2v) is 6.42. The van der Waals surface area contributed by atoms with Crippen molar-refractivity contribution >= 4 is 17.5 Å². The number of carbonyl (C=O) groups is 1. The zero-order valence-corrected chi connectivity index (χ0v) is 13.9. The third-order valence-corrected chi connectivity index (χ3v) is 4.60. The minimum Gasteiger partial charge on any atom is -0.454 e. The number of rotatable bonds is 3. The Morgan fingerprint density at radius 1 is 1.12 bits per heavy atom. The molecule has 2 aromatic rings. The number of ether oxygens (including phenoxy) is 2. The molecule has 24 heavy (non-hydrogen) atoms. The molecular weight excluding hydrogens is 330 g/mol. The van der Waals surface area contributed by atoms with Gasteiger partial charge in [-0.1, -0.05) is 17.7 Å². The zero-order chi connectivity index (χ0) is 16.5. The Labute approximate surface area is 144 Å². The topological polar surface area (TPSA) is 57.8 Å². The Balaban J connectivity index is 1.34. The largest absolute Gasteiger partial charge is 0.454 e. The van der Waals surface area contributed by atoms with Crippen LogP contribution in [0.25, 0.3) is 0 Å². The summed E-state index contributed by atoms with van der Waals surface area (Å²) in [6, 6.07) is 7.71. The van der Waals surface area contributed by atoms with Crippen molar-refractivity contribution in [2.24, 2.45) is 0 Å². The van der Waals surface area contributed by atoms with Crippen LogP contribution in [-0.2, 0) is 6.54 Å². The van der Waals surface area contributed by atoms with E-state index in [1.54, 1.807) is 12.3 Å². The van der Waals surface area contributed by atoms with E-state index in [1.165, 1.54) is 5.56 Å². The van der Waals surface area contributed by atoms with Crippen LogP contribution in [0.15, 0.2) is 30.5 Å². The van der Waals surface area contributed by atoms with Crippen molar-refractivity contribution in [3.05, 3.63) is 46.7 Å². The minimum absolute atomic E-state index is 0.00429. The SMILES string of the molecule is O=C(c1cc(Cl)c[nH]1)N1CCN(Cc2ccc3c(c2)OCO3)CC1. The van der Waals surface area contributed by atoms with Crippen LogP contribution in [0.2, 0.25) is 5.02 Å². The fourth-order valence-electron chi connectivity index (χ4n) is 3.07. The smallest absolute Gasteiger partial charge is 0.270 e. The maximum absolute atomic E-state index is 12.4. The Morgan fingerprint density at radius 2 is 1.92 bits per heavy atom. The molecule has 1 fully saturated rings. The highest BCUT2D eigenvalue weighted by molar-refractivity contribution is 6.30. The highest BCUT2D eigenvalue weighted by Gasteiger charge is 2.23. The van der Waals surface area contributed by atoms with E-state index in [1.807, 2.05) is 17.0 Å². The first kappa shape index (κ1) is 15.4. The lowest BCUT2D eigenvalue weighted by Crippen LogP contribution is -2.48. The van der Waals surface area contributed by atoms with Crippen LogP contribution < -0.4 is 9.47 Å². The Bertz CT molecular complexity index is 753. The summed E-state index contributed by atoms with van der Waals surface area (Å²) in [6.07, 6.45) is 1.63. The van der Waals surface area contributed by atoms with E-state index in [-0.39, 0.29) is 5.91 Å². The normalized spacial score (nSPS) is 17.3. The maximum atomic E-state index is 12.4. The molecule has 126 valence electrons. The van der Waals surface area contributed by atoms with Crippen molar-refractivity contribution in [1.82, 2.24) is 14.8 Å². The molecule has 0 saturated carbocycles. The molecule has 1 aromatic carbocycles. The number of fused-ring (bicyclic) bond motifs is 1. The summed E-state index contributed by atoms with van der Waals surface area (Å²) >= 11 is 5.87. The van der Waals surface area contributed by atoms with Gasteiger partial charge in [0.1, 0.15) is 5.69 Å². The predicted molar refractivity (Wildman–Crippen MR) is 89.5 cm³/mol. The lowest BCUT2D eigenvalue weighted by molar-refractivity contribution is 0.0623. The summed E-state index contributed by atoms with van der Waals surface area (Å²) in [5.41, 5.74) is 1.74. The molecule has 1 aromatic heterocycles. The van der Waals surface area contributed by atoms with Gasteiger partial charge in [0.25, 0.3) is 5.91 Å². The first-order chi connectivity index (χ1) is 11.7. The Morgan fingerprint density at radius 3 is 2.67 bits per heavy atom. The number of amides is 1. The second-order valence-electron chi connectivity index (χ2n) is 5.99. The van der Waals surface area contributed by atoms with Crippen LogP contribution in [0.5, 0.6) is 11.5 Å². The van der Waals surface area contributed by atoms with Gasteiger partial charge in [-0.05, 0) is 23.8 Å². The first-order valence-electron chi connectivity index (χ1n) is 7.93. The van der Waals surface area contributed by atoms with E-state index in [4.69, 9.17) is 21.1 Å². The third kappa shape index (κ3) is 3.07. The number of hydrogen-bond donors (Lipinski definition) is 1. The van der Waals surface area contributed by atoms with Crippen LogP contribution >= 0.6 is 11.6 Å². The van der Waals surface area contributed by atoms with Gasteiger partial charge in [0.05, 0.1) is 5.02 Å². The molecule has 3 heterocycles. The molecule has 2 aliphatic heterocycles. The summed E-state index contributed by atoms with van der Waals surface area (Å²) in [6.45, 7) is 4.23. The fraction of sp³-hybridized carbons (Fsp3) is 0.353. The molecule has 6 nitrogen and oxygen atoms in total. The Hall–Kier alpha value is -2.18. The number of nitrogens with one attached hydrogen (secondary N) is 1. The van der Waals surface area contributed by atoms with E-state index in [0.717, 1.165) is 31.1 Å². The Kier molecular flexibility index (Phi) is 4.08. The standard InChI is InChI=1S/C17H18ClN3O3/c18-13-8-14(19-9-13)17(22)21-5-3-20(4-6-21)10-12-1-2-15-16(7-12)24-11-23-15/h1-2,7-9,19H,3-6,10-11H2. The highest BCUT2D eigenvalue weighted by Crippen LogP contribution is 2.32. The van der Waals surface area contributed by atoms with E-state index in [2.05, 4.69) is 16.0 Å². The van der Waals surface area contributed by atoms with Gasteiger partial charge in [0, 0.05) is 38.9 Å². The van der Waals surface area contributed by atoms with E-state index < -0.39 is 0 Å². The van der Waals surface area contributed by atoms with Gasteiger partial charge in [-0.15, -0.1) is 0 Å². The quantitative estimate of drug-likeness (QED) is 0.926. The minimum atomic E-state index is 0.00429. The van der Waals surface area contributed by atoms with Crippen molar-refractivity contribution in [1.29, 1.82) is 0 Å². The average Bonchev–Trinajstić information content (AvgIpc) is 3.23. The lowest BCUT2D eigenvalue weighted by Gasteiger charge is -2.34. The summed E-state index contributed by atoms with van der Waals surface area (Å²) in [5.74, 6) is 1.62. The summed E-state index contributed by atoms with van der Waals surface area (Å²) in [7, 11) is 0. The van der Waals surface area contributed by atoms with Crippen LogP contribution in [0.1, 0.15) is 16.1 Å². The third-order valence-electron chi connectivity index (χ3n) is 4.38. The lowest BCUT2D eigenvalue weighted by atomic mass is 10.1. The van der Waals surface area contributed by atoms with Crippen LogP contribution in [0.4, 0.5) is 0 Å². The number of H-pyrrole nitrogens is 1.